The van der Waals surface area contributed by atoms with Crippen molar-refractivity contribution in [2.24, 2.45) is 0 Å². The Labute approximate surface area is 177 Å². The van der Waals surface area contributed by atoms with Crippen molar-refractivity contribution in [2.45, 2.75) is 19.9 Å². The minimum absolute atomic E-state index is 0.101. The summed E-state index contributed by atoms with van der Waals surface area (Å²) in [5.41, 5.74) is 2.93. The molecule has 0 aliphatic heterocycles. The molecule has 0 saturated carbocycles. The maximum absolute atomic E-state index is 13.8. The van der Waals surface area contributed by atoms with Crippen LogP contribution >= 0.6 is 0 Å². The first-order valence-electron chi connectivity index (χ1n) is 9.63. The molecule has 2 aromatic carbocycles. The van der Waals surface area contributed by atoms with E-state index < -0.39 is 5.91 Å². The molecule has 31 heavy (non-hydrogen) atoms. The summed E-state index contributed by atoms with van der Waals surface area (Å²) >= 11 is 0. The Hall–Kier alpha value is -3.94. The summed E-state index contributed by atoms with van der Waals surface area (Å²) < 4.78 is 28.4. The molecule has 0 aliphatic carbocycles. The van der Waals surface area contributed by atoms with Crippen LogP contribution in [0.2, 0.25) is 0 Å². The summed E-state index contributed by atoms with van der Waals surface area (Å²) in [5.74, 6) is -1.13. The van der Waals surface area contributed by atoms with E-state index in [2.05, 4.69) is 20.6 Å². The van der Waals surface area contributed by atoms with E-state index in [4.69, 9.17) is 0 Å². The number of benzene rings is 2. The molecule has 8 heteroatoms. The third-order valence-corrected chi connectivity index (χ3v) is 4.92. The van der Waals surface area contributed by atoms with Crippen LogP contribution < -0.4 is 5.32 Å². The average molecular weight is 419 g/mol. The summed E-state index contributed by atoms with van der Waals surface area (Å²) in [6, 6.07) is 13.6. The number of pyridine rings is 1. The second kappa shape index (κ2) is 8.43. The molecule has 2 aromatic heterocycles. The number of carbonyl (C=O) groups is 1. The van der Waals surface area contributed by atoms with Gasteiger partial charge in [0.05, 0.1) is 11.7 Å². The quantitative estimate of drug-likeness (QED) is 0.520. The van der Waals surface area contributed by atoms with E-state index in [9.17, 15) is 13.6 Å². The second-order valence-electron chi connectivity index (χ2n) is 7.12. The van der Waals surface area contributed by atoms with Gasteiger partial charge < -0.3 is 5.32 Å². The van der Waals surface area contributed by atoms with Crippen molar-refractivity contribution in [1.29, 1.82) is 0 Å². The lowest BCUT2D eigenvalue weighted by atomic mass is 10.1. The Morgan fingerprint density at radius 2 is 1.87 bits per heavy atom. The molecule has 0 fully saturated rings. The lowest BCUT2D eigenvalue weighted by molar-refractivity contribution is 0.0935. The first-order valence-corrected chi connectivity index (χ1v) is 9.63. The number of rotatable bonds is 5. The van der Waals surface area contributed by atoms with Crippen molar-refractivity contribution >= 4 is 5.91 Å². The highest BCUT2D eigenvalue weighted by Crippen LogP contribution is 2.26. The SMILES string of the molecule is Cc1cc(-n2nnc(C(=O)NC(C)c3ccc(F)cc3)c2-c2cccnc2)ccc1F. The van der Waals surface area contributed by atoms with Crippen LogP contribution in [0, 0.1) is 18.6 Å². The lowest BCUT2D eigenvalue weighted by Gasteiger charge is -2.14. The van der Waals surface area contributed by atoms with E-state index in [0.29, 0.717) is 22.5 Å². The van der Waals surface area contributed by atoms with Crippen LogP contribution in [-0.4, -0.2) is 25.9 Å². The van der Waals surface area contributed by atoms with Crippen LogP contribution in [0.15, 0.2) is 67.0 Å². The molecule has 1 amide bonds. The molecule has 4 aromatic rings. The third kappa shape index (κ3) is 4.18. The number of aromatic nitrogens is 4. The molecule has 4 rings (SSSR count). The van der Waals surface area contributed by atoms with E-state index in [-0.39, 0.29) is 23.4 Å². The number of hydrogen-bond donors (Lipinski definition) is 1. The molecule has 156 valence electrons. The van der Waals surface area contributed by atoms with Crippen molar-refractivity contribution in [3.05, 3.63) is 95.4 Å². The number of nitrogens with one attached hydrogen (secondary N) is 1. The van der Waals surface area contributed by atoms with Crippen molar-refractivity contribution in [2.75, 3.05) is 0 Å². The normalized spacial score (nSPS) is 11.9. The van der Waals surface area contributed by atoms with Gasteiger partial charge in [-0.2, -0.15) is 0 Å². The van der Waals surface area contributed by atoms with Gasteiger partial charge in [0, 0.05) is 18.0 Å². The van der Waals surface area contributed by atoms with E-state index in [1.807, 2.05) is 0 Å². The third-order valence-electron chi connectivity index (χ3n) is 4.92. The number of hydrogen-bond acceptors (Lipinski definition) is 4. The monoisotopic (exact) mass is 419 g/mol. The van der Waals surface area contributed by atoms with Gasteiger partial charge in [-0.1, -0.05) is 17.3 Å². The number of halogens is 2. The molecular weight excluding hydrogens is 400 g/mol. The van der Waals surface area contributed by atoms with Gasteiger partial charge in [0.2, 0.25) is 0 Å². The zero-order valence-electron chi connectivity index (χ0n) is 16.9. The van der Waals surface area contributed by atoms with Crippen LogP contribution in [0.5, 0.6) is 0 Å². The number of aryl methyl sites for hydroxylation is 1. The second-order valence-corrected chi connectivity index (χ2v) is 7.12. The fourth-order valence-corrected chi connectivity index (χ4v) is 3.24. The average Bonchev–Trinajstić information content (AvgIpc) is 3.22. The van der Waals surface area contributed by atoms with Crippen LogP contribution in [0.25, 0.3) is 16.9 Å². The molecule has 1 atom stereocenters. The first kappa shape index (κ1) is 20.3. The first-order chi connectivity index (χ1) is 14.9. The van der Waals surface area contributed by atoms with E-state index in [0.717, 1.165) is 5.56 Å². The fourth-order valence-electron chi connectivity index (χ4n) is 3.24. The van der Waals surface area contributed by atoms with Gasteiger partial charge in [-0.3, -0.25) is 9.78 Å². The topological polar surface area (TPSA) is 72.7 Å². The molecule has 6 nitrogen and oxygen atoms in total. The highest BCUT2D eigenvalue weighted by atomic mass is 19.1. The summed E-state index contributed by atoms with van der Waals surface area (Å²) in [5, 5.41) is 11.1. The molecule has 2 heterocycles. The lowest BCUT2D eigenvalue weighted by Crippen LogP contribution is -2.27. The Bertz CT molecular complexity index is 1220. The molecule has 0 spiro atoms. The van der Waals surface area contributed by atoms with Gasteiger partial charge in [-0.15, -0.1) is 5.10 Å². The Kier molecular flexibility index (Phi) is 5.53. The van der Waals surface area contributed by atoms with Gasteiger partial charge in [0.25, 0.3) is 5.91 Å². The summed E-state index contributed by atoms with van der Waals surface area (Å²) in [6.45, 7) is 3.44. The summed E-state index contributed by atoms with van der Waals surface area (Å²) in [4.78, 5) is 17.2. The Balaban J connectivity index is 1.73. The smallest absolute Gasteiger partial charge is 0.274 e. The maximum atomic E-state index is 13.8. The number of nitrogens with zero attached hydrogens (tertiary/aromatic N) is 4. The van der Waals surface area contributed by atoms with Gasteiger partial charge in [0.1, 0.15) is 17.3 Å². The molecule has 0 saturated heterocycles. The molecular formula is C23H19F2N5O. The van der Waals surface area contributed by atoms with Crippen LogP contribution in [-0.2, 0) is 0 Å². The highest BCUT2D eigenvalue weighted by Gasteiger charge is 2.24. The van der Waals surface area contributed by atoms with Gasteiger partial charge in [0.15, 0.2) is 5.69 Å². The molecule has 0 bridgehead atoms. The van der Waals surface area contributed by atoms with E-state index >= 15 is 0 Å². The Morgan fingerprint density at radius 1 is 1.10 bits per heavy atom. The molecule has 0 aliphatic rings. The molecule has 1 unspecified atom stereocenters. The molecule has 1 N–H and O–H groups in total. The summed E-state index contributed by atoms with van der Waals surface area (Å²) in [6.07, 6.45) is 3.22. The highest BCUT2D eigenvalue weighted by molar-refractivity contribution is 5.98. The van der Waals surface area contributed by atoms with E-state index in [1.54, 1.807) is 62.6 Å². The number of carbonyl (C=O) groups excluding carboxylic acids is 1. The standard InChI is InChI=1S/C23H19F2N5O/c1-14-12-19(9-10-20(14)25)30-22(17-4-3-11-26-13-17)21(28-29-30)23(31)27-15(2)16-5-7-18(24)8-6-16/h3-13,15H,1-2H3,(H,27,31). The van der Waals surface area contributed by atoms with Crippen molar-refractivity contribution < 1.29 is 13.6 Å². The maximum Gasteiger partial charge on any atom is 0.274 e. The van der Waals surface area contributed by atoms with Gasteiger partial charge >= 0.3 is 0 Å². The largest absolute Gasteiger partial charge is 0.344 e. The zero-order valence-corrected chi connectivity index (χ0v) is 16.9. The fraction of sp³-hybridized carbons (Fsp3) is 0.130. The predicted octanol–water partition coefficient (Wildman–Crippen LogP) is 4.41. The van der Waals surface area contributed by atoms with Crippen LogP contribution in [0.1, 0.15) is 34.6 Å². The number of amides is 1. The van der Waals surface area contributed by atoms with Crippen LogP contribution in [0.3, 0.4) is 0 Å². The van der Waals surface area contributed by atoms with Gasteiger partial charge in [-0.25, -0.2) is 13.5 Å². The summed E-state index contributed by atoms with van der Waals surface area (Å²) in [7, 11) is 0. The van der Waals surface area contributed by atoms with Crippen LogP contribution in [0.4, 0.5) is 8.78 Å². The zero-order chi connectivity index (χ0) is 22.0. The Morgan fingerprint density at radius 3 is 2.55 bits per heavy atom. The van der Waals surface area contributed by atoms with Gasteiger partial charge in [-0.05, 0) is 67.4 Å². The van der Waals surface area contributed by atoms with Crippen molar-refractivity contribution in [1.82, 2.24) is 25.3 Å². The van der Waals surface area contributed by atoms with Crippen molar-refractivity contribution in [3.8, 4) is 16.9 Å². The molecule has 0 radical (unpaired) electrons. The minimum atomic E-state index is -0.444. The predicted molar refractivity (Wildman–Crippen MR) is 112 cm³/mol. The minimum Gasteiger partial charge on any atom is -0.344 e. The van der Waals surface area contributed by atoms with Crippen molar-refractivity contribution in [3.63, 3.8) is 0 Å². The van der Waals surface area contributed by atoms with E-state index in [1.165, 1.54) is 22.9 Å².